The van der Waals surface area contributed by atoms with Crippen molar-refractivity contribution in [2.24, 2.45) is 0 Å². The van der Waals surface area contributed by atoms with Crippen LogP contribution in [0.1, 0.15) is 18.4 Å². The van der Waals surface area contributed by atoms with Gasteiger partial charge in [-0.3, -0.25) is 0 Å². The molecule has 2 aromatic rings. The number of nitrogens with one attached hydrogen (secondary N) is 2. The second-order valence-electron chi connectivity index (χ2n) is 6.05. The maximum atomic E-state index is 13.3. The molecule has 1 fully saturated rings. The maximum absolute atomic E-state index is 13.3. The van der Waals surface area contributed by atoms with Crippen LogP contribution in [0, 0.1) is 5.82 Å². The highest BCUT2D eigenvalue weighted by atomic mass is 35.5. The molecule has 132 valence electrons. The van der Waals surface area contributed by atoms with Crippen LogP contribution in [0.5, 0.6) is 0 Å². The van der Waals surface area contributed by atoms with E-state index in [2.05, 4.69) is 15.6 Å². The number of thiocarbonyl (C=S) groups is 1. The summed E-state index contributed by atoms with van der Waals surface area (Å²) >= 11 is 11.4. The average Bonchev–Trinajstić information content (AvgIpc) is 2.63. The van der Waals surface area contributed by atoms with E-state index in [0.717, 1.165) is 18.4 Å². The van der Waals surface area contributed by atoms with Gasteiger partial charge in [-0.1, -0.05) is 23.7 Å². The molecule has 7 heteroatoms. The van der Waals surface area contributed by atoms with E-state index in [4.69, 9.17) is 28.6 Å². The van der Waals surface area contributed by atoms with Gasteiger partial charge in [0.25, 0.3) is 0 Å². The standard InChI is InChI=1S/C18H19ClFN3OS/c19-16-15(2-1-9-21-16)23-17(25)22-12-18(7-10-24-11-8-18)13-3-5-14(20)6-4-13/h1-6,9H,7-8,10-12H2,(H2,22,23,25). The van der Waals surface area contributed by atoms with Crippen LogP contribution in [0.15, 0.2) is 42.6 Å². The summed E-state index contributed by atoms with van der Waals surface area (Å²) in [6.07, 6.45) is 3.32. The average molecular weight is 380 g/mol. The molecule has 0 amide bonds. The number of hydrogen-bond acceptors (Lipinski definition) is 3. The molecular formula is C18H19ClFN3OS. The number of pyridine rings is 1. The van der Waals surface area contributed by atoms with Gasteiger partial charge in [-0.2, -0.15) is 0 Å². The monoisotopic (exact) mass is 379 g/mol. The van der Waals surface area contributed by atoms with Gasteiger partial charge < -0.3 is 15.4 Å². The zero-order valence-corrected chi connectivity index (χ0v) is 15.2. The van der Waals surface area contributed by atoms with Gasteiger partial charge in [0.1, 0.15) is 5.82 Å². The maximum Gasteiger partial charge on any atom is 0.170 e. The van der Waals surface area contributed by atoms with Crippen molar-refractivity contribution >= 4 is 34.6 Å². The molecule has 3 rings (SSSR count). The van der Waals surface area contributed by atoms with Gasteiger partial charge in [0.15, 0.2) is 10.3 Å². The summed E-state index contributed by atoms with van der Waals surface area (Å²) in [6, 6.07) is 10.3. The summed E-state index contributed by atoms with van der Waals surface area (Å²) in [4.78, 5) is 4.02. The molecule has 4 nitrogen and oxygen atoms in total. The van der Waals surface area contributed by atoms with Crippen molar-refractivity contribution in [2.45, 2.75) is 18.3 Å². The van der Waals surface area contributed by atoms with Gasteiger partial charge in [-0.25, -0.2) is 9.37 Å². The SMILES string of the molecule is Fc1ccc(C2(CNC(=S)Nc3cccnc3Cl)CCOCC2)cc1. The van der Waals surface area contributed by atoms with E-state index in [1.54, 1.807) is 12.3 Å². The summed E-state index contributed by atoms with van der Waals surface area (Å²) in [7, 11) is 0. The summed E-state index contributed by atoms with van der Waals surface area (Å²) in [5, 5.41) is 7.17. The highest BCUT2D eigenvalue weighted by Crippen LogP contribution is 2.34. The van der Waals surface area contributed by atoms with Crippen molar-refractivity contribution < 1.29 is 9.13 Å². The van der Waals surface area contributed by atoms with E-state index in [0.29, 0.717) is 35.7 Å². The molecule has 1 aromatic carbocycles. The molecule has 0 aliphatic carbocycles. The van der Waals surface area contributed by atoms with Gasteiger partial charge in [-0.05, 0) is 54.9 Å². The van der Waals surface area contributed by atoms with Gasteiger partial charge in [0, 0.05) is 31.4 Å². The highest BCUT2D eigenvalue weighted by molar-refractivity contribution is 7.80. The molecule has 1 saturated heterocycles. The fourth-order valence-corrected chi connectivity index (χ4v) is 3.38. The number of nitrogens with zero attached hydrogens (tertiary/aromatic N) is 1. The number of halogens is 2. The first-order valence-corrected chi connectivity index (χ1v) is 8.87. The number of hydrogen-bond donors (Lipinski definition) is 2. The molecule has 0 atom stereocenters. The molecule has 25 heavy (non-hydrogen) atoms. The lowest BCUT2D eigenvalue weighted by Crippen LogP contribution is -2.45. The summed E-state index contributed by atoms with van der Waals surface area (Å²) in [5.74, 6) is -0.234. The zero-order valence-electron chi connectivity index (χ0n) is 13.6. The lowest BCUT2D eigenvalue weighted by atomic mass is 9.74. The molecular weight excluding hydrogens is 361 g/mol. The molecule has 0 saturated carbocycles. The second kappa shape index (κ2) is 8.08. The Labute approximate surface area is 156 Å². The van der Waals surface area contributed by atoms with Crippen molar-refractivity contribution in [3.63, 3.8) is 0 Å². The predicted molar refractivity (Wildman–Crippen MR) is 102 cm³/mol. The largest absolute Gasteiger partial charge is 0.381 e. The van der Waals surface area contributed by atoms with Crippen LogP contribution in [0.25, 0.3) is 0 Å². The Morgan fingerprint density at radius 2 is 1.96 bits per heavy atom. The van der Waals surface area contributed by atoms with Gasteiger partial charge in [-0.15, -0.1) is 0 Å². The van der Waals surface area contributed by atoms with Crippen LogP contribution in [-0.4, -0.2) is 29.9 Å². The smallest absolute Gasteiger partial charge is 0.170 e. The van der Waals surface area contributed by atoms with Crippen LogP contribution >= 0.6 is 23.8 Å². The number of ether oxygens (including phenoxy) is 1. The summed E-state index contributed by atoms with van der Waals surface area (Å²) in [6.45, 7) is 1.98. The Morgan fingerprint density at radius 3 is 2.64 bits per heavy atom. The molecule has 1 aliphatic heterocycles. The molecule has 0 unspecified atom stereocenters. The van der Waals surface area contributed by atoms with Gasteiger partial charge >= 0.3 is 0 Å². The molecule has 1 aliphatic rings. The Bertz CT molecular complexity index is 735. The summed E-state index contributed by atoms with van der Waals surface area (Å²) in [5.41, 5.74) is 1.60. The van der Waals surface area contributed by atoms with Crippen molar-refractivity contribution in [1.29, 1.82) is 0 Å². The van der Waals surface area contributed by atoms with E-state index in [1.165, 1.54) is 12.1 Å². The Hall–Kier alpha value is -1.76. The molecule has 1 aromatic heterocycles. The minimum atomic E-state index is -0.234. The quantitative estimate of drug-likeness (QED) is 0.623. The minimum absolute atomic E-state index is 0.142. The van der Waals surface area contributed by atoms with Gasteiger partial charge in [0.2, 0.25) is 0 Å². The van der Waals surface area contributed by atoms with Crippen LogP contribution in [0.3, 0.4) is 0 Å². The van der Waals surface area contributed by atoms with Crippen molar-refractivity contribution in [3.05, 3.63) is 59.1 Å². The minimum Gasteiger partial charge on any atom is -0.381 e. The molecule has 0 spiro atoms. The van der Waals surface area contributed by atoms with E-state index in [1.807, 2.05) is 18.2 Å². The van der Waals surface area contributed by atoms with Crippen LogP contribution in [0.4, 0.5) is 10.1 Å². The second-order valence-corrected chi connectivity index (χ2v) is 6.82. The third kappa shape index (κ3) is 4.45. The highest BCUT2D eigenvalue weighted by Gasteiger charge is 2.34. The number of rotatable bonds is 4. The molecule has 2 heterocycles. The topological polar surface area (TPSA) is 46.2 Å². The van der Waals surface area contributed by atoms with E-state index < -0.39 is 0 Å². The van der Waals surface area contributed by atoms with Crippen molar-refractivity contribution in [1.82, 2.24) is 10.3 Å². The molecule has 2 N–H and O–H groups in total. The fraction of sp³-hybridized carbons (Fsp3) is 0.333. The third-order valence-electron chi connectivity index (χ3n) is 4.50. The fourth-order valence-electron chi connectivity index (χ4n) is 3.03. The van der Waals surface area contributed by atoms with Crippen molar-refractivity contribution in [3.8, 4) is 0 Å². The summed E-state index contributed by atoms with van der Waals surface area (Å²) < 4.78 is 18.8. The molecule has 0 radical (unpaired) electrons. The van der Waals surface area contributed by atoms with Crippen LogP contribution in [-0.2, 0) is 10.2 Å². The first-order valence-electron chi connectivity index (χ1n) is 8.08. The number of benzene rings is 1. The first-order chi connectivity index (χ1) is 12.1. The van der Waals surface area contributed by atoms with E-state index in [9.17, 15) is 4.39 Å². The lowest BCUT2D eigenvalue weighted by molar-refractivity contribution is 0.0515. The Morgan fingerprint density at radius 1 is 1.24 bits per heavy atom. The van der Waals surface area contributed by atoms with Crippen LogP contribution < -0.4 is 10.6 Å². The van der Waals surface area contributed by atoms with Crippen molar-refractivity contribution in [2.75, 3.05) is 25.1 Å². The first kappa shape index (κ1) is 18.0. The number of anilines is 1. The molecule has 0 bridgehead atoms. The number of aromatic nitrogens is 1. The van der Waals surface area contributed by atoms with E-state index >= 15 is 0 Å². The van der Waals surface area contributed by atoms with E-state index in [-0.39, 0.29) is 11.2 Å². The lowest BCUT2D eigenvalue weighted by Gasteiger charge is -2.38. The normalized spacial score (nSPS) is 16.2. The van der Waals surface area contributed by atoms with Gasteiger partial charge in [0.05, 0.1) is 5.69 Å². The predicted octanol–water partition coefficient (Wildman–Crippen LogP) is 3.91. The zero-order chi connectivity index (χ0) is 17.7. The third-order valence-corrected chi connectivity index (χ3v) is 5.05. The van der Waals surface area contributed by atoms with Crippen LogP contribution in [0.2, 0.25) is 5.15 Å². The Balaban J connectivity index is 1.70. The Kier molecular flexibility index (Phi) is 5.83.